The number of anilines is 1. The fourth-order valence-corrected chi connectivity index (χ4v) is 2.02. The van der Waals surface area contributed by atoms with E-state index in [0.29, 0.717) is 27.1 Å². The molecule has 0 bridgehead atoms. The van der Waals surface area contributed by atoms with Crippen molar-refractivity contribution < 1.29 is 0 Å². The number of aromatic nitrogens is 2. The molecule has 0 aliphatic heterocycles. The van der Waals surface area contributed by atoms with Crippen LogP contribution >= 0.6 is 11.6 Å². The molecule has 0 radical (unpaired) electrons. The Morgan fingerprint density at radius 3 is 2.67 bits per heavy atom. The Morgan fingerprint density at radius 1 is 1.06 bits per heavy atom. The van der Waals surface area contributed by atoms with Gasteiger partial charge in [-0.3, -0.25) is 4.79 Å². The van der Waals surface area contributed by atoms with E-state index in [-0.39, 0.29) is 5.43 Å². The number of benzene rings is 1. The fraction of sp³-hybridized carbons (Fsp3) is 0. The lowest BCUT2D eigenvalue weighted by Crippen LogP contribution is -2.00. The van der Waals surface area contributed by atoms with Crippen LogP contribution in [0.2, 0.25) is 5.02 Å². The number of hydrogen-bond acceptors (Lipinski definition) is 4. The molecule has 0 fully saturated rings. The standard InChI is InChI=1S/C13H8ClN3O/c14-8-3-11-12(18)10-4-9(15)2-1-7(10)5-16-13(11)17-6-8/h1-6H,15H2. The molecule has 0 spiro atoms. The number of pyridine rings is 1. The van der Waals surface area contributed by atoms with Gasteiger partial charge in [0.2, 0.25) is 0 Å². The predicted molar refractivity (Wildman–Crippen MR) is 72.7 cm³/mol. The molecule has 2 heterocycles. The first-order valence-corrected chi connectivity index (χ1v) is 5.67. The van der Waals surface area contributed by atoms with E-state index in [2.05, 4.69) is 9.97 Å². The lowest BCUT2D eigenvalue weighted by Gasteiger charge is -1.94. The Labute approximate surface area is 107 Å². The van der Waals surface area contributed by atoms with Crippen molar-refractivity contribution in [2.24, 2.45) is 0 Å². The number of halogens is 1. The third-order valence-corrected chi connectivity index (χ3v) is 2.93. The molecular formula is C13H8ClN3O. The molecule has 3 aromatic rings. The number of nitrogens with two attached hydrogens (primary N) is 1. The Bertz CT molecular complexity index is 765. The molecule has 2 N–H and O–H groups in total. The highest BCUT2D eigenvalue weighted by Crippen LogP contribution is 2.16. The van der Waals surface area contributed by atoms with Gasteiger partial charge in [0, 0.05) is 28.9 Å². The second-order valence-electron chi connectivity index (χ2n) is 3.96. The number of nitrogens with zero attached hydrogens (tertiary/aromatic N) is 2. The van der Waals surface area contributed by atoms with Crippen LogP contribution in [-0.4, -0.2) is 9.97 Å². The highest BCUT2D eigenvalue weighted by molar-refractivity contribution is 6.31. The summed E-state index contributed by atoms with van der Waals surface area (Å²) in [7, 11) is 0. The van der Waals surface area contributed by atoms with Crippen LogP contribution in [0.5, 0.6) is 0 Å². The van der Waals surface area contributed by atoms with Crippen LogP contribution in [-0.2, 0) is 0 Å². The zero-order chi connectivity index (χ0) is 12.7. The molecule has 0 amide bonds. The maximum Gasteiger partial charge on any atom is 0.197 e. The van der Waals surface area contributed by atoms with Crippen molar-refractivity contribution in [1.29, 1.82) is 0 Å². The van der Waals surface area contributed by atoms with Crippen LogP contribution in [0, 0.1) is 0 Å². The normalized spacial score (nSPS) is 10.9. The van der Waals surface area contributed by atoms with Crippen LogP contribution in [0.1, 0.15) is 0 Å². The Kier molecular flexibility index (Phi) is 2.38. The van der Waals surface area contributed by atoms with E-state index in [0.717, 1.165) is 5.39 Å². The molecule has 0 atom stereocenters. The van der Waals surface area contributed by atoms with Gasteiger partial charge in [0.1, 0.15) is 0 Å². The average Bonchev–Trinajstić information content (AvgIpc) is 2.49. The summed E-state index contributed by atoms with van der Waals surface area (Å²) in [6, 6.07) is 6.70. The van der Waals surface area contributed by atoms with Crippen molar-refractivity contribution in [2.45, 2.75) is 0 Å². The summed E-state index contributed by atoms with van der Waals surface area (Å²) in [4.78, 5) is 20.6. The molecule has 0 unspecified atom stereocenters. The van der Waals surface area contributed by atoms with Crippen LogP contribution < -0.4 is 11.2 Å². The van der Waals surface area contributed by atoms with Crippen molar-refractivity contribution in [1.82, 2.24) is 9.97 Å². The maximum absolute atomic E-state index is 12.4. The molecule has 0 saturated heterocycles. The topological polar surface area (TPSA) is 68.9 Å². The van der Waals surface area contributed by atoms with Crippen molar-refractivity contribution in [3.05, 3.63) is 51.9 Å². The highest BCUT2D eigenvalue weighted by atomic mass is 35.5. The van der Waals surface area contributed by atoms with E-state index in [9.17, 15) is 4.79 Å². The number of nitrogen functional groups attached to an aromatic ring is 1. The molecule has 0 saturated carbocycles. The van der Waals surface area contributed by atoms with Crippen LogP contribution in [0.25, 0.3) is 21.8 Å². The highest BCUT2D eigenvalue weighted by Gasteiger charge is 2.05. The van der Waals surface area contributed by atoms with E-state index in [1.165, 1.54) is 6.20 Å². The van der Waals surface area contributed by atoms with Crippen molar-refractivity contribution in [2.75, 3.05) is 5.73 Å². The first-order chi connectivity index (χ1) is 8.65. The van der Waals surface area contributed by atoms with E-state index < -0.39 is 0 Å². The molecule has 0 aliphatic carbocycles. The summed E-state index contributed by atoms with van der Waals surface area (Å²) in [6.45, 7) is 0. The van der Waals surface area contributed by atoms with Crippen LogP contribution in [0.3, 0.4) is 0 Å². The molecule has 88 valence electrons. The van der Waals surface area contributed by atoms with Gasteiger partial charge in [-0.1, -0.05) is 17.7 Å². The van der Waals surface area contributed by atoms with Crippen molar-refractivity contribution in [3.63, 3.8) is 0 Å². The molecular weight excluding hydrogens is 250 g/mol. The van der Waals surface area contributed by atoms with Gasteiger partial charge in [0.25, 0.3) is 0 Å². The fourth-order valence-electron chi connectivity index (χ4n) is 1.86. The molecule has 18 heavy (non-hydrogen) atoms. The average molecular weight is 258 g/mol. The van der Waals surface area contributed by atoms with E-state index in [4.69, 9.17) is 17.3 Å². The molecule has 3 rings (SSSR count). The van der Waals surface area contributed by atoms with Crippen LogP contribution in [0.15, 0.2) is 41.5 Å². The summed E-state index contributed by atoms with van der Waals surface area (Å²) in [5.41, 5.74) is 6.45. The number of hydrogen-bond donors (Lipinski definition) is 1. The molecule has 0 aliphatic rings. The zero-order valence-corrected chi connectivity index (χ0v) is 9.98. The van der Waals surface area contributed by atoms with Gasteiger partial charge in [0.15, 0.2) is 11.1 Å². The molecule has 4 nitrogen and oxygen atoms in total. The molecule has 1 aromatic carbocycles. The monoisotopic (exact) mass is 257 g/mol. The number of fused-ring (bicyclic) bond motifs is 2. The van der Waals surface area contributed by atoms with E-state index >= 15 is 0 Å². The minimum Gasteiger partial charge on any atom is -0.399 e. The number of rotatable bonds is 0. The molecule has 2 aromatic heterocycles. The summed E-state index contributed by atoms with van der Waals surface area (Å²) < 4.78 is 0. The summed E-state index contributed by atoms with van der Waals surface area (Å²) >= 11 is 5.86. The minimum atomic E-state index is -0.167. The summed E-state index contributed by atoms with van der Waals surface area (Å²) in [6.07, 6.45) is 3.08. The van der Waals surface area contributed by atoms with Gasteiger partial charge < -0.3 is 5.73 Å². The van der Waals surface area contributed by atoms with E-state index in [1.54, 1.807) is 30.5 Å². The molecule has 5 heteroatoms. The minimum absolute atomic E-state index is 0.167. The van der Waals surface area contributed by atoms with Gasteiger partial charge in [-0.25, -0.2) is 9.97 Å². The van der Waals surface area contributed by atoms with Gasteiger partial charge in [-0.05, 0) is 18.2 Å². The Morgan fingerprint density at radius 2 is 1.83 bits per heavy atom. The second-order valence-corrected chi connectivity index (χ2v) is 4.40. The van der Waals surface area contributed by atoms with Crippen LogP contribution in [0.4, 0.5) is 5.69 Å². The largest absolute Gasteiger partial charge is 0.399 e. The lowest BCUT2D eigenvalue weighted by atomic mass is 10.1. The maximum atomic E-state index is 12.4. The summed E-state index contributed by atoms with van der Waals surface area (Å²) in [5, 5.41) is 2.04. The Hall–Kier alpha value is -2.20. The second kappa shape index (κ2) is 3.92. The Balaban J connectivity index is 2.62. The summed E-state index contributed by atoms with van der Waals surface area (Å²) in [5.74, 6) is 0. The smallest absolute Gasteiger partial charge is 0.197 e. The first kappa shape index (κ1) is 10.9. The first-order valence-electron chi connectivity index (χ1n) is 5.29. The van der Waals surface area contributed by atoms with Gasteiger partial charge in [-0.2, -0.15) is 0 Å². The third kappa shape index (κ3) is 1.67. The zero-order valence-electron chi connectivity index (χ0n) is 9.22. The van der Waals surface area contributed by atoms with Gasteiger partial charge >= 0.3 is 0 Å². The van der Waals surface area contributed by atoms with E-state index in [1.807, 2.05) is 0 Å². The quantitative estimate of drug-likeness (QED) is 0.628. The third-order valence-electron chi connectivity index (χ3n) is 2.73. The van der Waals surface area contributed by atoms with Gasteiger partial charge in [-0.15, -0.1) is 0 Å². The van der Waals surface area contributed by atoms with Gasteiger partial charge in [0.05, 0.1) is 10.4 Å². The van der Waals surface area contributed by atoms with Crippen molar-refractivity contribution >= 4 is 39.1 Å². The predicted octanol–water partition coefficient (Wildman–Crippen LogP) is 2.38. The SMILES string of the molecule is Nc1ccc2cnc3ncc(Cl)cc3c(=O)c2c1. The van der Waals surface area contributed by atoms with Crippen molar-refractivity contribution in [3.8, 4) is 0 Å². The lowest BCUT2D eigenvalue weighted by molar-refractivity contribution is 1.31.